The number of nitrogens with zero attached hydrogens (tertiary/aromatic N) is 2. The normalized spacial score (nSPS) is 15.3. The molecule has 0 bridgehead atoms. The number of amides is 3. The van der Waals surface area contributed by atoms with E-state index < -0.39 is 27.9 Å². The summed E-state index contributed by atoms with van der Waals surface area (Å²) in [7, 11) is -4.05. The number of hydrogen-bond acceptors (Lipinski definition) is 5. The first-order chi connectivity index (χ1) is 19.1. The molecule has 1 heterocycles. The fourth-order valence-electron chi connectivity index (χ4n) is 4.80. The molecular formula is C31H35N3O5S. The average Bonchev–Trinajstić information content (AvgIpc) is 3.14. The number of hydrogen-bond donors (Lipinski definition) is 1. The maximum absolute atomic E-state index is 13.9. The summed E-state index contributed by atoms with van der Waals surface area (Å²) in [6.07, 6.45) is 0.755. The maximum atomic E-state index is 13.9. The highest BCUT2D eigenvalue weighted by molar-refractivity contribution is 7.90. The Kier molecular flexibility index (Phi) is 9.04. The molecule has 0 radical (unpaired) electrons. The first-order valence-electron chi connectivity index (χ1n) is 13.5. The van der Waals surface area contributed by atoms with Crippen molar-refractivity contribution >= 4 is 27.7 Å². The lowest BCUT2D eigenvalue weighted by Crippen LogP contribution is -2.52. The standard InChI is InChI=1S/C31H35N3O5S/c1-4-23(3)32-30(36)27(20-24-12-6-5-7-13-24)33(21-25-14-10-11-22(2)19-25)29(35)17-18-34-31(37)26-15-8-9-16-28(26)40(34,38)39/h5-16,19,23,27H,4,17-18,20-21H2,1-3H3,(H,32,36). The van der Waals surface area contributed by atoms with Gasteiger partial charge in [0.2, 0.25) is 11.8 Å². The fraction of sp³-hybridized carbons (Fsp3) is 0.323. The SMILES string of the molecule is CCC(C)NC(=O)C(Cc1ccccc1)N(Cc1cccc(C)c1)C(=O)CCN1C(=O)c2ccccc2S1(=O)=O. The zero-order valence-corrected chi connectivity index (χ0v) is 23.9. The second-order valence-corrected chi connectivity index (χ2v) is 12.0. The lowest BCUT2D eigenvalue weighted by atomic mass is 10.0. The minimum atomic E-state index is -4.05. The molecule has 0 fully saturated rings. The van der Waals surface area contributed by atoms with Crippen molar-refractivity contribution in [3.8, 4) is 0 Å². The third kappa shape index (κ3) is 6.42. The van der Waals surface area contributed by atoms with Crippen LogP contribution in [-0.4, -0.2) is 54.0 Å². The number of carbonyl (C=O) groups excluding carboxylic acids is 3. The number of rotatable bonds is 11. The van der Waals surface area contributed by atoms with E-state index in [0.717, 1.165) is 27.4 Å². The number of fused-ring (bicyclic) bond motifs is 1. The van der Waals surface area contributed by atoms with Crippen molar-refractivity contribution in [3.05, 3.63) is 101 Å². The van der Waals surface area contributed by atoms with Crippen LogP contribution < -0.4 is 5.32 Å². The third-order valence-electron chi connectivity index (χ3n) is 7.15. The Morgan fingerprint density at radius 2 is 1.62 bits per heavy atom. The number of benzene rings is 3. The zero-order chi connectivity index (χ0) is 28.9. The number of sulfonamides is 1. The lowest BCUT2D eigenvalue weighted by Gasteiger charge is -2.33. The molecule has 210 valence electrons. The van der Waals surface area contributed by atoms with E-state index in [9.17, 15) is 22.8 Å². The van der Waals surface area contributed by atoms with Crippen LogP contribution in [0, 0.1) is 6.92 Å². The van der Waals surface area contributed by atoms with Gasteiger partial charge in [-0.1, -0.05) is 79.2 Å². The fourth-order valence-corrected chi connectivity index (χ4v) is 6.36. The highest BCUT2D eigenvalue weighted by Gasteiger charge is 2.41. The van der Waals surface area contributed by atoms with Gasteiger partial charge in [0.1, 0.15) is 10.9 Å². The molecule has 1 aliphatic rings. The number of aryl methyl sites for hydroxylation is 1. The molecule has 0 spiro atoms. The van der Waals surface area contributed by atoms with E-state index in [4.69, 9.17) is 0 Å². The zero-order valence-electron chi connectivity index (χ0n) is 23.0. The summed E-state index contributed by atoms with van der Waals surface area (Å²) in [5.41, 5.74) is 2.85. The monoisotopic (exact) mass is 561 g/mol. The van der Waals surface area contributed by atoms with Crippen molar-refractivity contribution in [2.24, 2.45) is 0 Å². The predicted molar refractivity (Wildman–Crippen MR) is 153 cm³/mol. The van der Waals surface area contributed by atoms with Gasteiger partial charge in [0, 0.05) is 32.0 Å². The third-order valence-corrected chi connectivity index (χ3v) is 8.99. The largest absolute Gasteiger partial charge is 0.352 e. The van der Waals surface area contributed by atoms with Crippen LogP contribution >= 0.6 is 0 Å². The van der Waals surface area contributed by atoms with Crippen LogP contribution in [0.15, 0.2) is 83.8 Å². The van der Waals surface area contributed by atoms with Gasteiger partial charge in [-0.2, -0.15) is 0 Å². The summed E-state index contributed by atoms with van der Waals surface area (Å²) >= 11 is 0. The van der Waals surface area contributed by atoms with Crippen molar-refractivity contribution in [3.63, 3.8) is 0 Å². The van der Waals surface area contributed by atoms with Crippen molar-refractivity contribution in [1.82, 2.24) is 14.5 Å². The van der Waals surface area contributed by atoms with Gasteiger partial charge < -0.3 is 10.2 Å². The Morgan fingerprint density at radius 3 is 2.30 bits per heavy atom. The van der Waals surface area contributed by atoms with E-state index in [2.05, 4.69) is 5.32 Å². The lowest BCUT2D eigenvalue weighted by molar-refractivity contribution is -0.141. The summed E-state index contributed by atoms with van der Waals surface area (Å²) < 4.78 is 26.9. The van der Waals surface area contributed by atoms with E-state index in [1.54, 1.807) is 12.1 Å². The topological polar surface area (TPSA) is 104 Å². The summed E-state index contributed by atoms with van der Waals surface area (Å²) in [6.45, 7) is 5.68. The van der Waals surface area contributed by atoms with Gasteiger partial charge in [0.25, 0.3) is 15.9 Å². The summed E-state index contributed by atoms with van der Waals surface area (Å²) in [5.74, 6) is -1.35. The molecule has 3 aromatic carbocycles. The summed E-state index contributed by atoms with van der Waals surface area (Å²) in [5, 5.41) is 3.02. The highest BCUT2D eigenvalue weighted by Crippen LogP contribution is 2.30. The quantitative estimate of drug-likeness (QED) is 0.380. The van der Waals surface area contributed by atoms with Crippen molar-refractivity contribution in [1.29, 1.82) is 0 Å². The van der Waals surface area contributed by atoms with Crippen molar-refractivity contribution in [2.45, 2.75) is 63.6 Å². The van der Waals surface area contributed by atoms with Gasteiger partial charge in [-0.05, 0) is 43.5 Å². The second kappa shape index (κ2) is 12.5. The number of carbonyl (C=O) groups is 3. The van der Waals surface area contributed by atoms with E-state index in [1.807, 2.05) is 75.4 Å². The highest BCUT2D eigenvalue weighted by atomic mass is 32.2. The minimum absolute atomic E-state index is 0.0565. The molecule has 3 amide bonds. The van der Waals surface area contributed by atoms with Gasteiger partial charge in [-0.25, -0.2) is 12.7 Å². The van der Waals surface area contributed by atoms with E-state index in [0.29, 0.717) is 0 Å². The van der Waals surface area contributed by atoms with Gasteiger partial charge in [0.15, 0.2) is 0 Å². The molecule has 3 aromatic rings. The van der Waals surface area contributed by atoms with Gasteiger partial charge in [0.05, 0.1) is 5.56 Å². The first-order valence-corrected chi connectivity index (χ1v) is 14.9. The molecule has 40 heavy (non-hydrogen) atoms. The van der Waals surface area contributed by atoms with Crippen LogP contribution in [0.4, 0.5) is 0 Å². The Balaban J connectivity index is 1.64. The Labute approximate surface area is 236 Å². The van der Waals surface area contributed by atoms with E-state index >= 15 is 0 Å². The second-order valence-electron chi connectivity index (χ2n) is 10.2. The maximum Gasteiger partial charge on any atom is 0.269 e. The average molecular weight is 562 g/mol. The molecule has 0 saturated carbocycles. The van der Waals surface area contributed by atoms with E-state index in [1.165, 1.54) is 17.0 Å². The van der Waals surface area contributed by atoms with Crippen LogP contribution in [0.1, 0.15) is 53.7 Å². The molecule has 1 aliphatic heterocycles. The van der Waals surface area contributed by atoms with Crippen LogP contribution in [0.3, 0.4) is 0 Å². The summed E-state index contributed by atoms with van der Waals surface area (Å²) in [4.78, 5) is 41.9. The van der Waals surface area contributed by atoms with Crippen LogP contribution in [0.2, 0.25) is 0 Å². The molecule has 0 saturated heterocycles. The molecule has 4 rings (SSSR count). The smallest absolute Gasteiger partial charge is 0.269 e. The van der Waals surface area contributed by atoms with Gasteiger partial charge >= 0.3 is 0 Å². The molecule has 8 nitrogen and oxygen atoms in total. The summed E-state index contributed by atoms with van der Waals surface area (Å²) in [6, 6.07) is 22.3. The molecular weight excluding hydrogens is 526 g/mol. The predicted octanol–water partition coefficient (Wildman–Crippen LogP) is 4.08. The van der Waals surface area contributed by atoms with E-state index in [-0.39, 0.29) is 48.3 Å². The molecule has 0 aromatic heterocycles. The molecule has 2 unspecified atom stereocenters. The van der Waals surface area contributed by atoms with Crippen LogP contribution in [-0.2, 0) is 32.6 Å². The first kappa shape index (κ1) is 29.0. The molecule has 2 atom stereocenters. The Hall–Kier alpha value is -3.98. The Bertz CT molecular complexity index is 1490. The minimum Gasteiger partial charge on any atom is -0.352 e. The van der Waals surface area contributed by atoms with Crippen LogP contribution in [0.25, 0.3) is 0 Å². The Morgan fingerprint density at radius 1 is 0.950 bits per heavy atom. The van der Waals surface area contributed by atoms with Crippen LogP contribution in [0.5, 0.6) is 0 Å². The van der Waals surface area contributed by atoms with Crippen molar-refractivity contribution in [2.75, 3.05) is 6.54 Å². The molecule has 9 heteroatoms. The molecule has 0 aliphatic carbocycles. The number of nitrogens with one attached hydrogen (secondary N) is 1. The van der Waals surface area contributed by atoms with Crippen molar-refractivity contribution < 1.29 is 22.8 Å². The molecule has 1 N–H and O–H groups in total. The van der Waals surface area contributed by atoms with Gasteiger partial charge in [-0.3, -0.25) is 14.4 Å². The van der Waals surface area contributed by atoms with Gasteiger partial charge in [-0.15, -0.1) is 0 Å².